The SMILES string of the molecule is C[C@H](N)Cc1cccc(O)c1.Cl. The minimum absolute atomic E-state index is 0. The molecule has 0 bridgehead atoms. The van der Waals surface area contributed by atoms with Crippen LogP contribution in [0.15, 0.2) is 24.3 Å². The molecule has 0 saturated carbocycles. The summed E-state index contributed by atoms with van der Waals surface area (Å²) >= 11 is 0. The van der Waals surface area contributed by atoms with E-state index in [1.807, 2.05) is 19.1 Å². The smallest absolute Gasteiger partial charge is 0.115 e. The van der Waals surface area contributed by atoms with Crippen LogP contribution in [-0.4, -0.2) is 11.1 Å². The zero-order chi connectivity index (χ0) is 8.27. The molecule has 0 unspecified atom stereocenters. The molecule has 68 valence electrons. The zero-order valence-electron chi connectivity index (χ0n) is 7.03. The van der Waals surface area contributed by atoms with Crippen molar-refractivity contribution >= 4 is 12.4 Å². The largest absolute Gasteiger partial charge is 0.508 e. The lowest BCUT2D eigenvalue weighted by atomic mass is 10.1. The van der Waals surface area contributed by atoms with Crippen LogP contribution in [0, 0.1) is 0 Å². The summed E-state index contributed by atoms with van der Waals surface area (Å²) in [4.78, 5) is 0. The molecule has 1 atom stereocenters. The Labute approximate surface area is 78.8 Å². The van der Waals surface area contributed by atoms with E-state index in [9.17, 15) is 0 Å². The van der Waals surface area contributed by atoms with Crippen LogP contribution in [-0.2, 0) is 6.42 Å². The first-order valence-corrected chi connectivity index (χ1v) is 3.72. The summed E-state index contributed by atoms with van der Waals surface area (Å²) in [6.45, 7) is 1.95. The van der Waals surface area contributed by atoms with Gasteiger partial charge in [0, 0.05) is 6.04 Å². The summed E-state index contributed by atoms with van der Waals surface area (Å²) in [6.07, 6.45) is 0.814. The third kappa shape index (κ3) is 3.60. The van der Waals surface area contributed by atoms with Crippen molar-refractivity contribution < 1.29 is 5.11 Å². The fourth-order valence-electron chi connectivity index (χ4n) is 1.06. The van der Waals surface area contributed by atoms with E-state index in [1.54, 1.807) is 12.1 Å². The molecule has 0 spiro atoms. The van der Waals surface area contributed by atoms with Crippen LogP contribution >= 0.6 is 12.4 Å². The predicted molar refractivity (Wildman–Crippen MR) is 52.7 cm³/mol. The predicted octanol–water partition coefficient (Wildman–Crippen LogP) is 1.70. The molecule has 3 heteroatoms. The van der Waals surface area contributed by atoms with E-state index in [1.165, 1.54) is 0 Å². The maximum absolute atomic E-state index is 9.09. The Morgan fingerprint density at radius 3 is 2.67 bits per heavy atom. The number of benzene rings is 1. The van der Waals surface area contributed by atoms with Gasteiger partial charge < -0.3 is 10.8 Å². The summed E-state index contributed by atoms with van der Waals surface area (Å²) in [6, 6.07) is 7.33. The second-order valence-electron chi connectivity index (χ2n) is 2.85. The number of phenolic OH excluding ortho intramolecular Hbond substituents is 1. The molecular weight excluding hydrogens is 174 g/mol. The van der Waals surface area contributed by atoms with Gasteiger partial charge in [-0.3, -0.25) is 0 Å². The average Bonchev–Trinajstić information content (AvgIpc) is 1.85. The molecule has 1 rings (SSSR count). The normalized spacial score (nSPS) is 11.8. The number of rotatable bonds is 2. The summed E-state index contributed by atoms with van der Waals surface area (Å²) in [5.41, 5.74) is 6.68. The minimum Gasteiger partial charge on any atom is -0.508 e. The summed E-state index contributed by atoms with van der Waals surface area (Å²) in [5, 5.41) is 9.09. The van der Waals surface area contributed by atoms with Crippen molar-refractivity contribution in [1.82, 2.24) is 0 Å². The molecule has 1 aromatic carbocycles. The maximum Gasteiger partial charge on any atom is 0.115 e. The Morgan fingerprint density at radius 2 is 2.17 bits per heavy atom. The van der Waals surface area contributed by atoms with E-state index >= 15 is 0 Å². The second kappa shape index (κ2) is 5.01. The van der Waals surface area contributed by atoms with Gasteiger partial charge >= 0.3 is 0 Å². The van der Waals surface area contributed by atoms with Crippen molar-refractivity contribution in [2.75, 3.05) is 0 Å². The molecule has 0 radical (unpaired) electrons. The van der Waals surface area contributed by atoms with Gasteiger partial charge in [0.2, 0.25) is 0 Å². The summed E-state index contributed by atoms with van der Waals surface area (Å²) < 4.78 is 0. The minimum atomic E-state index is 0. The van der Waals surface area contributed by atoms with E-state index in [-0.39, 0.29) is 18.4 Å². The van der Waals surface area contributed by atoms with E-state index in [4.69, 9.17) is 10.8 Å². The molecule has 1 aromatic rings. The highest BCUT2D eigenvalue weighted by molar-refractivity contribution is 5.85. The summed E-state index contributed by atoms with van der Waals surface area (Å²) in [7, 11) is 0. The summed E-state index contributed by atoms with van der Waals surface area (Å²) in [5.74, 6) is 0.308. The number of halogens is 1. The second-order valence-corrected chi connectivity index (χ2v) is 2.85. The molecule has 0 fully saturated rings. The first-order chi connectivity index (χ1) is 5.18. The Morgan fingerprint density at radius 1 is 1.50 bits per heavy atom. The molecule has 2 nitrogen and oxygen atoms in total. The molecule has 12 heavy (non-hydrogen) atoms. The lowest BCUT2D eigenvalue weighted by Gasteiger charge is -2.04. The highest BCUT2D eigenvalue weighted by Gasteiger charge is 1.97. The number of phenols is 1. The van der Waals surface area contributed by atoms with Gasteiger partial charge in [-0.1, -0.05) is 12.1 Å². The molecule has 0 aromatic heterocycles. The van der Waals surface area contributed by atoms with Crippen LogP contribution in [0.25, 0.3) is 0 Å². The highest BCUT2D eigenvalue weighted by Crippen LogP contribution is 2.11. The number of aromatic hydroxyl groups is 1. The Kier molecular flexibility index (Phi) is 4.71. The molecular formula is C9H14ClNO. The number of hydrogen-bond donors (Lipinski definition) is 2. The Bertz CT molecular complexity index is 238. The van der Waals surface area contributed by atoms with Gasteiger partial charge in [0.15, 0.2) is 0 Å². The molecule has 0 heterocycles. The molecule has 0 aliphatic rings. The van der Waals surface area contributed by atoms with Crippen LogP contribution < -0.4 is 5.73 Å². The van der Waals surface area contributed by atoms with Gasteiger partial charge in [-0.05, 0) is 31.0 Å². The van der Waals surface area contributed by atoms with Crippen LogP contribution in [0.1, 0.15) is 12.5 Å². The van der Waals surface area contributed by atoms with Crippen molar-refractivity contribution in [1.29, 1.82) is 0 Å². The van der Waals surface area contributed by atoms with Gasteiger partial charge in [-0.15, -0.1) is 12.4 Å². The lowest BCUT2D eigenvalue weighted by Crippen LogP contribution is -2.17. The van der Waals surface area contributed by atoms with E-state index < -0.39 is 0 Å². The Balaban J connectivity index is 0.00000121. The van der Waals surface area contributed by atoms with E-state index in [2.05, 4.69) is 0 Å². The average molecular weight is 188 g/mol. The fourth-order valence-corrected chi connectivity index (χ4v) is 1.06. The van der Waals surface area contributed by atoms with Gasteiger partial charge in [-0.2, -0.15) is 0 Å². The highest BCUT2D eigenvalue weighted by atomic mass is 35.5. The van der Waals surface area contributed by atoms with Crippen LogP contribution in [0.4, 0.5) is 0 Å². The number of hydrogen-bond acceptors (Lipinski definition) is 2. The number of nitrogens with two attached hydrogens (primary N) is 1. The topological polar surface area (TPSA) is 46.2 Å². The van der Waals surface area contributed by atoms with Crippen molar-refractivity contribution in [3.05, 3.63) is 29.8 Å². The standard InChI is InChI=1S/C9H13NO.ClH/c1-7(10)5-8-3-2-4-9(11)6-8;/h2-4,6-7,11H,5,10H2,1H3;1H/t7-;/m0./s1. The molecule has 0 aliphatic heterocycles. The molecule has 0 aliphatic carbocycles. The Hall–Kier alpha value is -0.730. The van der Waals surface area contributed by atoms with E-state index in [0.717, 1.165) is 12.0 Å². The van der Waals surface area contributed by atoms with Crippen LogP contribution in [0.3, 0.4) is 0 Å². The van der Waals surface area contributed by atoms with Gasteiger partial charge in [0.25, 0.3) is 0 Å². The monoisotopic (exact) mass is 187 g/mol. The first-order valence-electron chi connectivity index (χ1n) is 3.72. The molecule has 0 saturated heterocycles. The van der Waals surface area contributed by atoms with Crippen molar-refractivity contribution in [3.8, 4) is 5.75 Å². The van der Waals surface area contributed by atoms with Gasteiger partial charge in [0.1, 0.15) is 5.75 Å². The zero-order valence-corrected chi connectivity index (χ0v) is 7.84. The van der Waals surface area contributed by atoms with Crippen molar-refractivity contribution in [2.24, 2.45) is 5.73 Å². The molecule has 3 N–H and O–H groups in total. The van der Waals surface area contributed by atoms with Gasteiger partial charge in [0.05, 0.1) is 0 Å². The lowest BCUT2D eigenvalue weighted by molar-refractivity contribution is 0.474. The fraction of sp³-hybridized carbons (Fsp3) is 0.333. The van der Waals surface area contributed by atoms with Crippen molar-refractivity contribution in [3.63, 3.8) is 0 Å². The first kappa shape index (κ1) is 11.3. The quantitative estimate of drug-likeness (QED) is 0.741. The third-order valence-electron chi connectivity index (χ3n) is 1.47. The van der Waals surface area contributed by atoms with E-state index in [0.29, 0.717) is 5.75 Å². The maximum atomic E-state index is 9.09. The van der Waals surface area contributed by atoms with Crippen LogP contribution in [0.2, 0.25) is 0 Å². The third-order valence-corrected chi connectivity index (χ3v) is 1.47. The van der Waals surface area contributed by atoms with Crippen LogP contribution in [0.5, 0.6) is 5.75 Å². The molecule has 0 amide bonds. The van der Waals surface area contributed by atoms with Crippen molar-refractivity contribution in [2.45, 2.75) is 19.4 Å². The van der Waals surface area contributed by atoms with Gasteiger partial charge in [-0.25, -0.2) is 0 Å².